The topological polar surface area (TPSA) is 9.23 Å². The van der Waals surface area contributed by atoms with Crippen LogP contribution < -0.4 is 0 Å². The first kappa shape index (κ1) is 9.69. The van der Waals surface area contributed by atoms with Crippen molar-refractivity contribution in [1.29, 1.82) is 0 Å². The minimum absolute atomic E-state index is 0.455. The summed E-state index contributed by atoms with van der Waals surface area (Å²) in [5, 5.41) is 0. The fourth-order valence-corrected chi connectivity index (χ4v) is 0.827. The zero-order valence-electron chi connectivity index (χ0n) is 6.41. The number of halogens is 1. The van der Waals surface area contributed by atoms with Crippen LogP contribution in [0.1, 0.15) is 20.3 Å². The predicted molar refractivity (Wildman–Crippen MR) is 49.2 cm³/mol. The Labute approximate surface area is 71.3 Å². The molecule has 0 aromatic heterocycles. The smallest absolute Gasteiger partial charge is 0.0467 e. The molecule has 0 spiro atoms. The third-order valence-corrected chi connectivity index (χ3v) is 3.41. The molecule has 0 aromatic carbocycles. The molecule has 1 nitrogen and oxygen atoms in total. The second kappa shape index (κ2) is 4.50. The average Bonchev–Trinajstić information content (AvgIpc) is 1.84. The van der Waals surface area contributed by atoms with Crippen molar-refractivity contribution in [1.82, 2.24) is 0 Å². The van der Waals surface area contributed by atoms with E-state index in [1.54, 1.807) is 7.11 Å². The van der Waals surface area contributed by atoms with Gasteiger partial charge in [0.15, 0.2) is 0 Å². The van der Waals surface area contributed by atoms with Crippen LogP contribution in [-0.4, -0.2) is 18.1 Å². The van der Waals surface area contributed by atoms with Crippen molar-refractivity contribution in [2.45, 2.75) is 20.3 Å². The summed E-state index contributed by atoms with van der Waals surface area (Å²) in [5.74, 6) is 0. The first-order valence-electron chi connectivity index (χ1n) is 3.17. The van der Waals surface area contributed by atoms with Crippen LogP contribution in [0.2, 0.25) is 0 Å². The molecule has 0 saturated carbocycles. The van der Waals surface area contributed by atoms with Crippen LogP contribution in [0.4, 0.5) is 0 Å². The van der Waals surface area contributed by atoms with E-state index in [1.807, 2.05) is 0 Å². The molecule has 0 aliphatic heterocycles. The molecular weight excluding hydrogens is 227 g/mol. The summed E-state index contributed by atoms with van der Waals surface area (Å²) in [7, 11) is 1.75. The standard InChI is InChI=1S/C7H15IO/c1-7(2,6-8)4-5-9-3/h4-6H2,1-3H3. The number of ether oxygens (including phenoxy) is 1. The highest BCUT2D eigenvalue weighted by Gasteiger charge is 2.14. The van der Waals surface area contributed by atoms with Crippen molar-refractivity contribution in [3.8, 4) is 0 Å². The highest BCUT2D eigenvalue weighted by Crippen LogP contribution is 2.22. The number of rotatable bonds is 4. The van der Waals surface area contributed by atoms with E-state index in [0.717, 1.165) is 13.0 Å². The maximum absolute atomic E-state index is 4.98. The van der Waals surface area contributed by atoms with Crippen molar-refractivity contribution in [2.75, 3.05) is 18.1 Å². The van der Waals surface area contributed by atoms with Crippen molar-refractivity contribution >= 4 is 22.6 Å². The fraction of sp³-hybridized carbons (Fsp3) is 1.00. The Kier molecular flexibility index (Phi) is 4.84. The molecule has 0 N–H and O–H groups in total. The molecule has 56 valence electrons. The lowest BCUT2D eigenvalue weighted by atomic mass is 9.93. The number of hydrogen-bond acceptors (Lipinski definition) is 1. The molecule has 0 aliphatic rings. The third kappa shape index (κ3) is 5.15. The van der Waals surface area contributed by atoms with Gasteiger partial charge in [-0.25, -0.2) is 0 Å². The molecule has 0 heterocycles. The van der Waals surface area contributed by atoms with Crippen LogP contribution in [0.25, 0.3) is 0 Å². The predicted octanol–water partition coefficient (Wildman–Crippen LogP) is 2.48. The van der Waals surface area contributed by atoms with Gasteiger partial charge in [-0.15, -0.1) is 0 Å². The molecule has 0 radical (unpaired) electrons. The van der Waals surface area contributed by atoms with Crippen molar-refractivity contribution in [2.24, 2.45) is 5.41 Å². The van der Waals surface area contributed by atoms with E-state index in [4.69, 9.17) is 4.74 Å². The average molecular weight is 242 g/mol. The molecule has 0 aromatic rings. The molecule has 9 heavy (non-hydrogen) atoms. The van der Waals surface area contributed by atoms with Gasteiger partial charge in [-0.1, -0.05) is 36.4 Å². The molecule has 0 rings (SSSR count). The van der Waals surface area contributed by atoms with Crippen LogP contribution >= 0.6 is 22.6 Å². The molecular formula is C7H15IO. The third-order valence-electron chi connectivity index (χ3n) is 1.34. The first-order chi connectivity index (χ1) is 4.12. The van der Waals surface area contributed by atoms with Gasteiger partial charge in [0.25, 0.3) is 0 Å². The lowest BCUT2D eigenvalue weighted by Gasteiger charge is -2.20. The van der Waals surface area contributed by atoms with Gasteiger partial charge in [-0.05, 0) is 11.8 Å². The number of methoxy groups -OCH3 is 1. The van der Waals surface area contributed by atoms with Gasteiger partial charge < -0.3 is 4.74 Å². The largest absolute Gasteiger partial charge is 0.385 e. The SMILES string of the molecule is COCCC(C)(C)CI. The Bertz CT molecular complexity index is 71.3. The molecule has 0 unspecified atom stereocenters. The van der Waals surface area contributed by atoms with Gasteiger partial charge in [-0.2, -0.15) is 0 Å². The minimum atomic E-state index is 0.455. The first-order valence-corrected chi connectivity index (χ1v) is 4.70. The van der Waals surface area contributed by atoms with Gasteiger partial charge in [0.05, 0.1) is 0 Å². The molecule has 0 amide bonds. The van der Waals surface area contributed by atoms with Crippen LogP contribution in [-0.2, 0) is 4.74 Å². The summed E-state index contributed by atoms with van der Waals surface area (Å²) in [5.41, 5.74) is 0.455. The number of alkyl halides is 1. The summed E-state index contributed by atoms with van der Waals surface area (Å²) in [6.45, 7) is 5.41. The quantitative estimate of drug-likeness (QED) is 0.543. The molecule has 0 aliphatic carbocycles. The van der Waals surface area contributed by atoms with E-state index in [0.29, 0.717) is 5.41 Å². The van der Waals surface area contributed by atoms with E-state index >= 15 is 0 Å². The highest BCUT2D eigenvalue weighted by atomic mass is 127. The Morgan fingerprint density at radius 3 is 2.33 bits per heavy atom. The summed E-state index contributed by atoms with van der Waals surface area (Å²) < 4.78 is 6.18. The van der Waals surface area contributed by atoms with Gasteiger partial charge in [-0.3, -0.25) is 0 Å². The molecule has 0 bridgehead atoms. The maximum atomic E-state index is 4.98. The van der Waals surface area contributed by atoms with Crippen LogP contribution in [0.5, 0.6) is 0 Å². The summed E-state index contributed by atoms with van der Waals surface area (Å²) in [6, 6.07) is 0. The van der Waals surface area contributed by atoms with Crippen molar-refractivity contribution < 1.29 is 4.74 Å². The highest BCUT2D eigenvalue weighted by molar-refractivity contribution is 14.1. The molecule has 0 saturated heterocycles. The summed E-state index contributed by atoms with van der Waals surface area (Å²) >= 11 is 2.41. The zero-order chi connectivity index (χ0) is 7.33. The number of hydrogen-bond donors (Lipinski definition) is 0. The fourth-order valence-electron chi connectivity index (χ4n) is 0.445. The van der Waals surface area contributed by atoms with Gasteiger partial charge >= 0.3 is 0 Å². The molecule has 2 heteroatoms. The lowest BCUT2D eigenvalue weighted by Crippen LogP contribution is -2.15. The van der Waals surface area contributed by atoms with Crippen LogP contribution in [0.15, 0.2) is 0 Å². The van der Waals surface area contributed by atoms with Crippen LogP contribution in [0.3, 0.4) is 0 Å². The monoisotopic (exact) mass is 242 g/mol. The van der Waals surface area contributed by atoms with E-state index in [2.05, 4.69) is 36.4 Å². The van der Waals surface area contributed by atoms with E-state index in [-0.39, 0.29) is 0 Å². The van der Waals surface area contributed by atoms with E-state index in [9.17, 15) is 0 Å². The Morgan fingerprint density at radius 1 is 1.44 bits per heavy atom. The van der Waals surface area contributed by atoms with Crippen LogP contribution in [0, 0.1) is 5.41 Å². The zero-order valence-corrected chi connectivity index (χ0v) is 8.57. The van der Waals surface area contributed by atoms with Gasteiger partial charge in [0, 0.05) is 18.1 Å². The lowest BCUT2D eigenvalue weighted by molar-refractivity contribution is 0.162. The van der Waals surface area contributed by atoms with Gasteiger partial charge in [0.1, 0.15) is 0 Å². The normalized spacial score (nSPS) is 12.0. The second-order valence-electron chi connectivity index (χ2n) is 3.04. The molecule has 0 atom stereocenters. The van der Waals surface area contributed by atoms with E-state index < -0.39 is 0 Å². The Balaban J connectivity index is 3.33. The summed E-state index contributed by atoms with van der Waals surface area (Å²) in [4.78, 5) is 0. The minimum Gasteiger partial charge on any atom is -0.385 e. The van der Waals surface area contributed by atoms with Crippen molar-refractivity contribution in [3.05, 3.63) is 0 Å². The summed E-state index contributed by atoms with van der Waals surface area (Å²) in [6.07, 6.45) is 1.16. The Morgan fingerprint density at radius 2 is 2.00 bits per heavy atom. The Hall–Kier alpha value is 0.690. The van der Waals surface area contributed by atoms with Gasteiger partial charge in [0.2, 0.25) is 0 Å². The van der Waals surface area contributed by atoms with E-state index in [1.165, 1.54) is 4.43 Å². The van der Waals surface area contributed by atoms with Crippen molar-refractivity contribution in [3.63, 3.8) is 0 Å². The second-order valence-corrected chi connectivity index (χ2v) is 3.80. The molecule has 0 fully saturated rings. The maximum Gasteiger partial charge on any atom is 0.0467 e.